The maximum atomic E-state index is 12.1. The first-order chi connectivity index (χ1) is 9.33. The van der Waals surface area contributed by atoms with E-state index in [0.29, 0.717) is 18.7 Å². The third-order valence-corrected chi connectivity index (χ3v) is 2.91. The average molecular weight is 261 g/mol. The van der Waals surface area contributed by atoms with Gasteiger partial charge < -0.3 is 20.4 Å². The van der Waals surface area contributed by atoms with Gasteiger partial charge in [0.2, 0.25) is 0 Å². The lowest BCUT2D eigenvalue weighted by Gasteiger charge is -2.07. The largest absolute Gasteiger partial charge is 0.383 e. The molecule has 0 aliphatic carbocycles. The van der Waals surface area contributed by atoms with Crippen LogP contribution < -0.4 is 10.6 Å². The van der Waals surface area contributed by atoms with Crippen LogP contribution in [0.4, 0.5) is 0 Å². The van der Waals surface area contributed by atoms with E-state index in [4.69, 9.17) is 4.74 Å². The molecule has 3 N–H and O–H groups in total. The Morgan fingerprint density at radius 2 is 2.16 bits per heavy atom. The summed E-state index contributed by atoms with van der Waals surface area (Å²) in [7, 11) is 1.67. The summed E-state index contributed by atoms with van der Waals surface area (Å²) in [6, 6.07) is 7.59. The number of hydrogen-bond acceptors (Lipinski definition) is 3. The number of rotatable bonds is 7. The summed E-state index contributed by atoms with van der Waals surface area (Å²) >= 11 is 0. The maximum Gasteiger partial charge on any atom is 0.252 e. The lowest BCUT2D eigenvalue weighted by molar-refractivity contribution is 0.0955. The SMILES string of the molecule is COCCNCCNC(=O)c1cccc2[nH]ccc12. The van der Waals surface area contributed by atoms with Crippen LogP contribution in [0.25, 0.3) is 10.9 Å². The second kappa shape index (κ2) is 6.92. The third-order valence-electron chi connectivity index (χ3n) is 2.91. The zero-order valence-corrected chi connectivity index (χ0v) is 11.0. The highest BCUT2D eigenvalue weighted by molar-refractivity contribution is 6.06. The molecule has 1 amide bonds. The minimum absolute atomic E-state index is 0.0428. The molecule has 0 saturated carbocycles. The van der Waals surface area contributed by atoms with Crippen molar-refractivity contribution in [2.45, 2.75) is 0 Å². The summed E-state index contributed by atoms with van der Waals surface area (Å²) in [6.45, 7) is 2.80. The molecule has 2 rings (SSSR count). The number of ether oxygens (including phenoxy) is 1. The van der Waals surface area contributed by atoms with E-state index in [-0.39, 0.29) is 5.91 Å². The van der Waals surface area contributed by atoms with E-state index in [1.807, 2.05) is 30.5 Å². The van der Waals surface area contributed by atoms with E-state index >= 15 is 0 Å². The van der Waals surface area contributed by atoms with Crippen LogP contribution in [0, 0.1) is 0 Å². The Hall–Kier alpha value is -1.85. The van der Waals surface area contributed by atoms with Crippen molar-refractivity contribution in [3.8, 4) is 0 Å². The van der Waals surface area contributed by atoms with E-state index in [0.717, 1.165) is 24.0 Å². The third kappa shape index (κ3) is 3.56. The van der Waals surface area contributed by atoms with E-state index in [1.54, 1.807) is 7.11 Å². The van der Waals surface area contributed by atoms with Crippen LogP contribution in [0.15, 0.2) is 30.5 Å². The molecule has 0 bridgehead atoms. The van der Waals surface area contributed by atoms with Gasteiger partial charge in [0, 0.05) is 49.4 Å². The van der Waals surface area contributed by atoms with Crippen molar-refractivity contribution in [3.05, 3.63) is 36.0 Å². The van der Waals surface area contributed by atoms with Crippen LogP contribution in [0.1, 0.15) is 10.4 Å². The quantitative estimate of drug-likeness (QED) is 0.655. The number of aromatic amines is 1. The molecule has 0 saturated heterocycles. The Morgan fingerprint density at radius 3 is 3.00 bits per heavy atom. The van der Waals surface area contributed by atoms with Crippen molar-refractivity contribution in [2.24, 2.45) is 0 Å². The topological polar surface area (TPSA) is 66.2 Å². The van der Waals surface area contributed by atoms with Gasteiger partial charge in [-0.1, -0.05) is 6.07 Å². The molecule has 0 spiro atoms. The van der Waals surface area contributed by atoms with Crippen LogP contribution in [0.2, 0.25) is 0 Å². The molecular formula is C14H19N3O2. The van der Waals surface area contributed by atoms with E-state index < -0.39 is 0 Å². The van der Waals surface area contributed by atoms with Crippen LogP contribution in [-0.4, -0.2) is 44.2 Å². The van der Waals surface area contributed by atoms with E-state index in [2.05, 4.69) is 15.6 Å². The second-order valence-electron chi connectivity index (χ2n) is 4.24. The van der Waals surface area contributed by atoms with Gasteiger partial charge in [-0.3, -0.25) is 4.79 Å². The van der Waals surface area contributed by atoms with Crippen molar-refractivity contribution in [3.63, 3.8) is 0 Å². The molecule has 0 fully saturated rings. The maximum absolute atomic E-state index is 12.1. The van der Waals surface area contributed by atoms with Crippen LogP contribution >= 0.6 is 0 Å². The molecule has 0 radical (unpaired) electrons. The molecular weight excluding hydrogens is 242 g/mol. The number of H-pyrrole nitrogens is 1. The van der Waals surface area contributed by atoms with Gasteiger partial charge in [-0.05, 0) is 18.2 Å². The zero-order valence-electron chi connectivity index (χ0n) is 11.0. The number of hydrogen-bond donors (Lipinski definition) is 3. The molecule has 19 heavy (non-hydrogen) atoms. The number of fused-ring (bicyclic) bond motifs is 1. The molecule has 1 heterocycles. The van der Waals surface area contributed by atoms with E-state index in [1.165, 1.54) is 0 Å². The van der Waals surface area contributed by atoms with Crippen LogP contribution in [0.3, 0.4) is 0 Å². The van der Waals surface area contributed by atoms with Crippen molar-refractivity contribution >= 4 is 16.8 Å². The number of methoxy groups -OCH3 is 1. The van der Waals surface area contributed by atoms with Gasteiger partial charge in [0.15, 0.2) is 0 Å². The van der Waals surface area contributed by atoms with Crippen LogP contribution in [-0.2, 0) is 4.74 Å². The minimum atomic E-state index is -0.0428. The Labute approximate surface area is 112 Å². The molecule has 0 aliphatic heterocycles. The van der Waals surface area contributed by atoms with Gasteiger partial charge in [-0.25, -0.2) is 0 Å². The summed E-state index contributed by atoms with van der Waals surface area (Å²) < 4.78 is 4.92. The number of carbonyl (C=O) groups is 1. The second-order valence-corrected chi connectivity index (χ2v) is 4.24. The first kappa shape index (κ1) is 13.6. The predicted molar refractivity (Wildman–Crippen MR) is 75.4 cm³/mol. The fraction of sp³-hybridized carbons (Fsp3) is 0.357. The lowest BCUT2D eigenvalue weighted by atomic mass is 10.1. The summed E-state index contributed by atoms with van der Waals surface area (Å²) in [4.78, 5) is 15.2. The first-order valence-corrected chi connectivity index (χ1v) is 6.37. The van der Waals surface area contributed by atoms with Gasteiger partial charge in [0.25, 0.3) is 5.91 Å². The Bertz CT molecular complexity index is 536. The number of nitrogens with one attached hydrogen (secondary N) is 3. The van der Waals surface area contributed by atoms with Crippen molar-refractivity contribution in [1.29, 1.82) is 0 Å². The predicted octanol–water partition coefficient (Wildman–Crippen LogP) is 1.13. The highest BCUT2D eigenvalue weighted by Crippen LogP contribution is 2.16. The smallest absolute Gasteiger partial charge is 0.252 e. The molecule has 0 unspecified atom stereocenters. The number of benzene rings is 1. The summed E-state index contributed by atoms with van der Waals surface area (Å²) in [6.07, 6.45) is 1.84. The highest BCUT2D eigenvalue weighted by Gasteiger charge is 2.09. The number of carbonyl (C=O) groups excluding carboxylic acids is 1. The Kier molecular flexibility index (Phi) is 4.94. The monoisotopic (exact) mass is 261 g/mol. The number of amides is 1. The fourth-order valence-electron chi connectivity index (χ4n) is 1.94. The zero-order chi connectivity index (χ0) is 13.5. The van der Waals surface area contributed by atoms with Gasteiger partial charge in [0.1, 0.15) is 0 Å². The van der Waals surface area contributed by atoms with Gasteiger partial charge >= 0.3 is 0 Å². The van der Waals surface area contributed by atoms with E-state index in [9.17, 15) is 4.79 Å². The van der Waals surface area contributed by atoms with Crippen LogP contribution in [0.5, 0.6) is 0 Å². The molecule has 102 valence electrons. The summed E-state index contributed by atoms with van der Waals surface area (Å²) in [5, 5.41) is 7.03. The number of aromatic nitrogens is 1. The minimum Gasteiger partial charge on any atom is -0.383 e. The Balaban J connectivity index is 1.85. The molecule has 5 heteroatoms. The lowest BCUT2D eigenvalue weighted by Crippen LogP contribution is -2.33. The molecule has 5 nitrogen and oxygen atoms in total. The van der Waals surface area contributed by atoms with Crippen molar-refractivity contribution < 1.29 is 9.53 Å². The van der Waals surface area contributed by atoms with Gasteiger partial charge in [0.05, 0.1) is 6.61 Å². The normalized spacial score (nSPS) is 10.8. The summed E-state index contributed by atoms with van der Waals surface area (Å²) in [5.74, 6) is -0.0428. The molecule has 1 aromatic heterocycles. The molecule has 2 aromatic rings. The molecule has 1 aromatic carbocycles. The molecule has 0 aliphatic rings. The highest BCUT2D eigenvalue weighted by atomic mass is 16.5. The molecule has 0 atom stereocenters. The average Bonchev–Trinajstić information content (AvgIpc) is 2.90. The Morgan fingerprint density at radius 1 is 1.26 bits per heavy atom. The standard InChI is InChI=1S/C14H19N3O2/c1-19-10-9-15-7-8-17-14(18)12-3-2-4-13-11(12)5-6-16-13/h2-6,15-16H,7-10H2,1H3,(H,17,18). The van der Waals surface area contributed by atoms with Crippen molar-refractivity contribution in [2.75, 3.05) is 33.4 Å². The van der Waals surface area contributed by atoms with Crippen molar-refractivity contribution in [1.82, 2.24) is 15.6 Å². The van der Waals surface area contributed by atoms with Gasteiger partial charge in [-0.15, -0.1) is 0 Å². The van der Waals surface area contributed by atoms with Gasteiger partial charge in [-0.2, -0.15) is 0 Å². The first-order valence-electron chi connectivity index (χ1n) is 6.37. The fourth-order valence-corrected chi connectivity index (χ4v) is 1.94. The summed E-state index contributed by atoms with van der Waals surface area (Å²) in [5.41, 5.74) is 1.68.